The highest BCUT2D eigenvalue weighted by molar-refractivity contribution is 5.87. The first-order valence-corrected chi connectivity index (χ1v) is 7.24. The van der Waals surface area contributed by atoms with Gasteiger partial charge in [-0.2, -0.15) is 4.80 Å². The Balaban J connectivity index is 1.97. The van der Waals surface area contributed by atoms with Crippen LogP contribution in [-0.2, 0) is 6.54 Å². The monoisotopic (exact) mass is 302 g/mol. The van der Waals surface area contributed by atoms with Crippen LogP contribution in [0.3, 0.4) is 0 Å². The summed E-state index contributed by atoms with van der Waals surface area (Å²) in [5.74, 6) is 0.214. The van der Waals surface area contributed by atoms with Crippen LogP contribution in [-0.4, -0.2) is 38.2 Å². The van der Waals surface area contributed by atoms with Crippen molar-refractivity contribution < 1.29 is 4.79 Å². The second kappa shape index (κ2) is 6.55. The number of rotatable bonds is 4. The van der Waals surface area contributed by atoms with E-state index in [1.54, 1.807) is 11.9 Å². The zero-order chi connectivity index (χ0) is 16.3. The van der Waals surface area contributed by atoms with Crippen molar-refractivity contribution >= 4 is 12.0 Å². The molecule has 0 aliphatic heterocycles. The third kappa shape index (κ3) is 3.81. The summed E-state index contributed by atoms with van der Waals surface area (Å²) in [5, 5.41) is 14.4. The van der Waals surface area contributed by atoms with Crippen LogP contribution in [0.25, 0.3) is 0 Å². The van der Waals surface area contributed by atoms with Crippen molar-refractivity contribution in [2.24, 2.45) is 0 Å². The molecule has 0 aliphatic carbocycles. The van der Waals surface area contributed by atoms with Crippen molar-refractivity contribution in [3.8, 4) is 0 Å². The van der Waals surface area contributed by atoms with Crippen molar-refractivity contribution in [2.75, 3.05) is 12.4 Å². The fourth-order valence-corrected chi connectivity index (χ4v) is 1.93. The number of amides is 2. The fraction of sp³-hybridized carbons (Fsp3) is 0.467. The predicted octanol–water partition coefficient (Wildman–Crippen LogP) is 2.53. The number of urea groups is 1. The molecule has 1 aromatic heterocycles. The normalized spacial score (nSPS) is 10.8. The van der Waals surface area contributed by atoms with Gasteiger partial charge in [0.05, 0.1) is 6.04 Å². The van der Waals surface area contributed by atoms with Gasteiger partial charge in [0.2, 0.25) is 0 Å². The number of nitrogens with one attached hydrogen (secondary N) is 1. The minimum Gasteiger partial charge on any atom is -0.323 e. The van der Waals surface area contributed by atoms with Crippen LogP contribution in [0, 0.1) is 13.8 Å². The summed E-state index contributed by atoms with van der Waals surface area (Å²) >= 11 is 0. The quantitative estimate of drug-likeness (QED) is 0.941. The average molecular weight is 302 g/mol. The Morgan fingerprint density at radius 2 is 2.05 bits per heavy atom. The highest BCUT2D eigenvalue weighted by atomic mass is 16.2. The third-order valence-corrected chi connectivity index (χ3v) is 3.45. The first-order valence-electron chi connectivity index (χ1n) is 7.24. The van der Waals surface area contributed by atoms with Gasteiger partial charge in [-0.3, -0.25) is 5.32 Å². The van der Waals surface area contributed by atoms with Crippen LogP contribution in [0.2, 0.25) is 0 Å². The van der Waals surface area contributed by atoms with Crippen molar-refractivity contribution in [2.45, 2.75) is 40.3 Å². The van der Waals surface area contributed by atoms with Gasteiger partial charge in [-0.25, -0.2) is 4.79 Å². The minimum atomic E-state index is -0.262. The number of hydrogen-bond acceptors (Lipinski definition) is 4. The lowest BCUT2D eigenvalue weighted by atomic mass is 10.1. The summed E-state index contributed by atoms with van der Waals surface area (Å²) in [6.45, 7) is 8.54. The maximum absolute atomic E-state index is 12.1. The number of anilines is 1. The molecule has 1 N–H and O–H groups in total. The van der Waals surface area contributed by atoms with E-state index < -0.39 is 0 Å². The molecule has 7 nitrogen and oxygen atoms in total. The van der Waals surface area contributed by atoms with E-state index in [4.69, 9.17) is 0 Å². The zero-order valence-corrected chi connectivity index (χ0v) is 13.7. The maximum Gasteiger partial charge on any atom is 0.324 e. The van der Waals surface area contributed by atoms with E-state index in [1.807, 2.05) is 19.9 Å². The van der Waals surface area contributed by atoms with Crippen LogP contribution in [0.4, 0.5) is 10.7 Å². The van der Waals surface area contributed by atoms with Gasteiger partial charge in [-0.05, 0) is 49.6 Å². The smallest absolute Gasteiger partial charge is 0.323 e. The Morgan fingerprint density at radius 3 is 2.64 bits per heavy atom. The first-order chi connectivity index (χ1) is 10.4. The summed E-state index contributed by atoms with van der Waals surface area (Å²) in [6, 6.07) is 6.02. The first kappa shape index (κ1) is 15.9. The number of aromatic nitrogens is 4. The van der Waals surface area contributed by atoms with E-state index in [0.29, 0.717) is 6.54 Å². The van der Waals surface area contributed by atoms with Gasteiger partial charge in [0.1, 0.15) is 0 Å². The lowest BCUT2D eigenvalue weighted by Crippen LogP contribution is -2.31. The number of hydrogen-bond donors (Lipinski definition) is 1. The zero-order valence-electron chi connectivity index (χ0n) is 13.7. The third-order valence-electron chi connectivity index (χ3n) is 3.45. The Bertz CT molecular complexity index is 664. The molecule has 2 amide bonds. The van der Waals surface area contributed by atoms with Crippen molar-refractivity contribution in [1.29, 1.82) is 0 Å². The predicted molar refractivity (Wildman–Crippen MR) is 84.6 cm³/mol. The van der Waals surface area contributed by atoms with Crippen LogP contribution in [0.1, 0.15) is 36.6 Å². The van der Waals surface area contributed by atoms with Crippen LogP contribution in [0.5, 0.6) is 0 Å². The highest BCUT2D eigenvalue weighted by Gasteiger charge is 2.13. The molecule has 0 spiro atoms. The Morgan fingerprint density at radius 1 is 1.32 bits per heavy atom. The van der Waals surface area contributed by atoms with Crippen LogP contribution < -0.4 is 5.32 Å². The molecular formula is C15H22N6O. The van der Waals surface area contributed by atoms with Crippen molar-refractivity contribution in [1.82, 2.24) is 25.1 Å². The Labute approximate surface area is 130 Å². The molecule has 1 heterocycles. The Hall–Kier alpha value is -2.44. The molecule has 0 saturated heterocycles. The number of carbonyl (C=O) groups excluding carboxylic acids is 1. The fourth-order valence-electron chi connectivity index (χ4n) is 1.93. The molecule has 1 aromatic carbocycles. The van der Waals surface area contributed by atoms with Gasteiger partial charge in [-0.1, -0.05) is 23.3 Å². The van der Waals surface area contributed by atoms with Gasteiger partial charge in [0.15, 0.2) is 0 Å². The largest absolute Gasteiger partial charge is 0.324 e. The van der Waals surface area contributed by atoms with Gasteiger partial charge in [0.25, 0.3) is 5.95 Å². The molecule has 0 fully saturated rings. The molecule has 0 saturated carbocycles. The van der Waals surface area contributed by atoms with E-state index in [1.165, 1.54) is 15.9 Å². The molecule has 0 unspecified atom stereocenters. The van der Waals surface area contributed by atoms with E-state index in [0.717, 1.165) is 5.56 Å². The minimum absolute atomic E-state index is 0.103. The summed E-state index contributed by atoms with van der Waals surface area (Å²) in [7, 11) is 1.73. The second-order valence-corrected chi connectivity index (χ2v) is 5.73. The average Bonchev–Trinajstić information content (AvgIpc) is 2.91. The summed E-state index contributed by atoms with van der Waals surface area (Å²) in [6.07, 6.45) is 0. The van der Waals surface area contributed by atoms with Gasteiger partial charge in [0, 0.05) is 13.6 Å². The van der Waals surface area contributed by atoms with Crippen LogP contribution in [0.15, 0.2) is 18.2 Å². The molecule has 118 valence electrons. The summed E-state index contributed by atoms with van der Waals surface area (Å²) in [4.78, 5) is 15.2. The standard InChI is InChI=1S/C15H22N6O/c1-10(2)21-18-14(17-19-21)16-15(22)20(5)9-13-7-6-11(3)12(4)8-13/h6-8,10H,9H2,1-5H3,(H,16,18,22). The van der Waals surface area contributed by atoms with E-state index in [9.17, 15) is 4.79 Å². The molecule has 22 heavy (non-hydrogen) atoms. The molecule has 2 rings (SSSR count). The number of tetrazole rings is 1. The maximum atomic E-state index is 12.1. The van der Waals surface area contributed by atoms with Crippen LogP contribution >= 0.6 is 0 Å². The molecule has 0 atom stereocenters. The van der Waals surface area contributed by atoms with Crippen molar-refractivity contribution in [3.05, 3.63) is 34.9 Å². The van der Waals surface area contributed by atoms with Gasteiger partial charge < -0.3 is 4.90 Å². The lowest BCUT2D eigenvalue weighted by Gasteiger charge is -2.17. The van der Waals surface area contributed by atoms with E-state index in [2.05, 4.69) is 46.7 Å². The second-order valence-electron chi connectivity index (χ2n) is 5.73. The molecule has 0 bridgehead atoms. The Kier molecular flexibility index (Phi) is 4.75. The molecule has 0 radical (unpaired) electrons. The highest BCUT2D eigenvalue weighted by Crippen LogP contribution is 2.12. The number of aryl methyl sites for hydroxylation is 2. The summed E-state index contributed by atoms with van der Waals surface area (Å²) < 4.78 is 0. The van der Waals surface area contributed by atoms with Crippen molar-refractivity contribution in [3.63, 3.8) is 0 Å². The molecule has 0 aliphatic rings. The molecule has 2 aromatic rings. The van der Waals surface area contributed by atoms with Gasteiger partial charge in [-0.15, -0.1) is 5.10 Å². The molecular weight excluding hydrogens is 280 g/mol. The number of nitrogens with zero attached hydrogens (tertiary/aromatic N) is 5. The summed E-state index contributed by atoms with van der Waals surface area (Å²) in [5.41, 5.74) is 3.54. The SMILES string of the molecule is Cc1ccc(CN(C)C(=O)Nc2nnn(C(C)C)n2)cc1C. The lowest BCUT2D eigenvalue weighted by molar-refractivity contribution is 0.220. The number of carbonyl (C=O) groups is 1. The number of benzene rings is 1. The van der Waals surface area contributed by atoms with E-state index in [-0.39, 0.29) is 18.0 Å². The topological polar surface area (TPSA) is 75.9 Å². The van der Waals surface area contributed by atoms with E-state index >= 15 is 0 Å². The van der Waals surface area contributed by atoms with Gasteiger partial charge >= 0.3 is 6.03 Å². The molecule has 7 heteroatoms.